The lowest BCUT2D eigenvalue weighted by Gasteiger charge is -2.17. The van der Waals surface area contributed by atoms with Gasteiger partial charge in [-0.3, -0.25) is 10.1 Å². The third-order valence-electron chi connectivity index (χ3n) is 4.37. The van der Waals surface area contributed by atoms with Crippen LogP contribution in [0.3, 0.4) is 0 Å². The van der Waals surface area contributed by atoms with Crippen LogP contribution >= 0.6 is 11.3 Å². The number of anilines is 1. The highest BCUT2D eigenvalue weighted by Gasteiger charge is 2.25. The molecule has 3 rings (SSSR count). The van der Waals surface area contributed by atoms with E-state index in [-0.39, 0.29) is 9.47 Å². The number of hydrogen-bond acceptors (Lipinski definition) is 8. The average molecular weight is 463 g/mol. The number of carbonyl (C=O) groups is 1. The summed E-state index contributed by atoms with van der Waals surface area (Å²) in [7, 11) is -0.969. The zero-order valence-electron chi connectivity index (χ0n) is 17.4. The SMILES string of the molecule is COc1ccc(OC)c(C(C)NS(=O)(=O)c2nnc(NC(=O)c3cccc(C)c3)s2)c1. The molecule has 0 aliphatic heterocycles. The highest BCUT2D eigenvalue weighted by atomic mass is 32.2. The minimum absolute atomic E-state index is 0.0819. The molecule has 0 bridgehead atoms. The van der Waals surface area contributed by atoms with Gasteiger partial charge in [0, 0.05) is 17.2 Å². The molecule has 0 saturated carbocycles. The molecule has 0 fully saturated rings. The zero-order valence-corrected chi connectivity index (χ0v) is 19.0. The molecule has 31 heavy (non-hydrogen) atoms. The van der Waals surface area contributed by atoms with Gasteiger partial charge >= 0.3 is 0 Å². The van der Waals surface area contributed by atoms with E-state index in [9.17, 15) is 13.2 Å². The van der Waals surface area contributed by atoms with E-state index in [2.05, 4.69) is 20.2 Å². The van der Waals surface area contributed by atoms with Gasteiger partial charge in [-0.15, -0.1) is 10.2 Å². The van der Waals surface area contributed by atoms with Crippen LogP contribution in [0.15, 0.2) is 46.8 Å². The topological polar surface area (TPSA) is 120 Å². The van der Waals surface area contributed by atoms with E-state index in [1.54, 1.807) is 43.3 Å². The largest absolute Gasteiger partial charge is 0.497 e. The Kier molecular flexibility index (Phi) is 6.88. The van der Waals surface area contributed by atoms with Crippen molar-refractivity contribution < 1.29 is 22.7 Å². The number of hydrogen-bond donors (Lipinski definition) is 2. The van der Waals surface area contributed by atoms with Crippen LogP contribution in [0.5, 0.6) is 11.5 Å². The van der Waals surface area contributed by atoms with Gasteiger partial charge in [-0.1, -0.05) is 29.0 Å². The lowest BCUT2D eigenvalue weighted by atomic mass is 10.1. The smallest absolute Gasteiger partial charge is 0.270 e. The van der Waals surface area contributed by atoms with Crippen molar-refractivity contribution in [2.45, 2.75) is 24.2 Å². The van der Waals surface area contributed by atoms with Crippen LogP contribution in [0.2, 0.25) is 0 Å². The molecule has 2 aromatic carbocycles. The molecule has 0 spiro atoms. The molecule has 11 heteroatoms. The number of aryl methyl sites for hydroxylation is 1. The second-order valence-corrected chi connectivity index (χ2v) is 9.51. The quantitative estimate of drug-likeness (QED) is 0.494. The third kappa shape index (κ3) is 5.37. The van der Waals surface area contributed by atoms with E-state index in [1.807, 2.05) is 13.0 Å². The van der Waals surface area contributed by atoms with Crippen molar-refractivity contribution in [2.24, 2.45) is 0 Å². The van der Waals surface area contributed by atoms with Gasteiger partial charge in [0.1, 0.15) is 11.5 Å². The van der Waals surface area contributed by atoms with Crippen LogP contribution in [-0.2, 0) is 10.0 Å². The van der Waals surface area contributed by atoms with Gasteiger partial charge in [0.2, 0.25) is 9.47 Å². The molecule has 1 atom stereocenters. The van der Waals surface area contributed by atoms with Crippen molar-refractivity contribution >= 4 is 32.4 Å². The number of methoxy groups -OCH3 is 2. The molecule has 0 radical (unpaired) electrons. The molecule has 3 aromatic rings. The first-order valence-electron chi connectivity index (χ1n) is 9.19. The molecular weight excluding hydrogens is 440 g/mol. The second-order valence-electron chi connectivity index (χ2n) is 6.65. The van der Waals surface area contributed by atoms with Gasteiger partial charge in [-0.25, -0.2) is 13.1 Å². The number of nitrogens with zero attached hydrogens (tertiary/aromatic N) is 2. The molecule has 164 valence electrons. The van der Waals surface area contributed by atoms with Crippen molar-refractivity contribution in [3.63, 3.8) is 0 Å². The average Bonchev–Trinajstić information content (AvgIpc) is 3.22. The van der Waals surface area contributed by atoms with Crippen molar-refractivity contribution in [1.29, 1.82) is 0 Å². The summed E-state index contributed by atoms with van der Waals surface area (Å²) in [6.07, 6.45) is 0. The minimum atomic E-state index is -3.99. The molecule has 2 N–H and O–H groups in total. The summed E-state index contributed by atoms with van der Waals surface area (Å²) in [5.41, 5.74) is 1.97. The maximum atomic E-state index is 12.8. The normalized spacial score (nSPS) is 12.3. The first kappa shape index (κ1) is 22.7. The zero-order chi connectivity index (χ0) is 22.6. The van der Waals surface area contributed by atoms with E-state index in [0.29, 0.717) is 22.6 Å². The molecule has 1 unspecified atom stereocenters. The fourth-order valence-corrected chi connectivity index (χ4v) is 4.98. The molecule has 1 aromatic heterocycles. The molecule has 0 saturated heterocycles. The number of aromatic nitrogens is 2. The second kappa shape index (κ2) is 9.41. The Labute approximate surface area is 184 Å². The van der Waals surface area contributed by atoms with Crippen LogP contribution < -0.4 is 19.5 Å². The number of sulfonamides is 1. The predicted molar refractivity (Wildman–Crippen MR) is 117 cm³/mol. The van der Waals surface area contributed by atoms with Crippen LogP contribution in [0.1, 0.15) is 34.5 Å². The maximum Gasteiger partial charge on any atom is 0.270 e. The van der Waals surface area contributed by atoms with Crippen LogP contribution in [0.25, 0.3) is 0 Å². The van der Waals surface area contributed by atoms with Gasteiger partial charge < -0.3 is 9.47 Å². The molecule has 1 heterocycles. The van der Waals surface area contributed by atoms with Crippen molar-refractivity contribution in [3.05, 3.63) is 59.2 Å². The van der Waals surface area contributed by atoms with Gasteiger partial charge in [0.15, 0.2) is 0 Å². The van der Waals surface area contributed by atoms with Crippen molar-refractivity contribution in [2.75, 3.05) is 19.5 Å². The summed E-state index contributed by atoms with van der Waals surface area (Å²) in [5, 5.41) is 10.2. The van der Waals surface area contributed by atoms with Crippen LogP contribution in [0.4, 0.5) is 5.13 Å². The summed E-state index contributed by atoms with van der Waals surface area (Å²) in [6.45, 7) is 3.55. The van der Waals surface area contributed by atoms with E-state index >= 15 is 0 Å². The van der Waals surface area contributed by atoms with Gasteiger partial charge in [-0.05, 0) is 44.2 Å². The Morgan fingerprint density at radius 3 is 2.55 bits per heavy atom. The fraction of sp³-hybridized carbons (Fsp3) is 0.250. The summed E-state index contributed by atoms with van der Waals surface area (Å²) < 4.78 is 38.4. The number of rotatable bonds is 8. The number of nitrogens with one attached hydrogen (secondary N) is 2. The molecular formula is C20H22N4O5S2. The highest BCUT2D eigenvalue weighted by Crippen LogP contribution is 2.30. The maximum absolute atomic E-state index is 12.8. The number of carbonyl (C=O) groups excluding carboxylic acids is 1. The van der Waals surface area contributed by atoms with Crippen LogP contribution in [-0.4, -0.2) is 38.7 Å². The number of ether oxygens (including phenoxy) is 2. The Morgan fingerprint density at radius 2 is 1.87 bits per heavy atom. The summed E-state index contributed by atoms with van der Waals surface area (Å²) in [6, 6.07) is 11.5. The van der Waals surface area contributed by atoms with Gasteiger partial charge in [0.05, 0.1) is 14.2 Å². The highest BCUT2D eigenvalue weighted by molar-refractivity contribution is 7.91. The first-order chi connectivity index (χ1) is 14.7. The van der Waals surface area contributed by atoms with Gasteiger partial charge in [0.25, 0.3) is 15.9 Å². The summed E-state index contributed by atoms with van der Waals surface area (Å²) in [4.78, 5) is 12.4. The minimum Gasteiger partial charge on any atom is -0.497 e. The molecule has 1 amide bonds. The predicted octanol–water partition coefficient (Wildman–Crippen LogP) is 3.16. The van der Waals surface area contributed by atoms with E-state index < -0.39 is 22.0 Å². The first-order valence-corrected chi connectivity index (χ1v) is 11.5. The van der Waals surface area contributed by atoms with Crippen molar-refractivity contribution in [3.8, 4) is 11.5 Å². The monoisotopic (exact) mass is 462 g/mol. The summed E-state index contributed by atoms with van der Waals surface area (Å²) in [5.74, 6) is 0.685. The Balaban J connectivity index is 1.76. The fourth-order valence-electron chi connectivity index (χ4n) is 2.85. The molecule has 0 aliphatic carbocycles. The van der Waals surface area contributed by atoms with Crippen LogP contribution in [0, 0.1) is 6.92 Å². The molecule has 9 nitrogen and oxygen atoms in total. The van der Waals surface area contributed by atoms with E-state index in [0.717, 1.165) is 16.9 Å². The van der Waals surface area contributed by atoms with E-state index in [4.69, 9.17) is 9.47 Å². The number of amides is 1. The third-order valence-corrected chi connectivity index (χ3v) is 7.12. The van der Waals surface area contributed by atoms with Crippen molar-refractivity contribution in [1.82, 2.24) is 14.9 Å². The Bertz CT molecular complexity index is 1190. The number of benzene rings is 2. The standard InChI is InChI=1S/C20H22N4O5S2/c1-12-6-5-7-14(10-12)18(25)21-19-22-23-20(30-19)31(26,27)24-13(2)16-11-15(28-3)8-9-17(16)29-4/h5-11,13,24H,1-4H3,(H,21,22,25). The molecule has 0 aliphatic rings. The Morgan fingerprint density at radius 1 is 1.10 bits per heavy atom. The van der Waals surface area contributed by atoms with E-state index in [1.165, 1.54) is 14.2 Å². The van der Waals surface area contributed by atoms with Gasteiger partial charge in [-0.2, -0.15) is 0 Å². The lowest BCUT2D eigenvalue weighted by Crippen LogP contribution is -2.27. The summed E-state index contributed by atoms with van der Waals surface area (Å²) >= 11 is 0.761. The lowest BCUT2D eigenvalue weighted by molar-refractivity contribution is 0.102. The Hall–Kier alpha value is -3.02.